The maximum Gasteiger partial charge on any atom is 0.325 e. The van der Waals surface area contributed by atoms with Crippen LogP contribution in [0.5, 0.6) is 0 Å². The number of nitrogens with one attached hydrogen (secondary N) is 1. The Kier molecular flexibility index (Phi) is 12.3. The summed E-state index contributed by atoms with van der Waals surface area (Å²) in [4.78, 5) is 38.2. The highest BCUT2D eigenvalue weighted by Gasteiger charge is 2.57. The molecule has 0 aromatic carbocycles. The van der Waals surface area contributed by atoms with E-state index in [0.29, 0.717) is 17.8 Å². The van der Waals surface area contributed by atoms with Gasteiger partial charge in [0, 0.05) is 23.7 Å². The number of esters is 1. The molecule has 2 saturated carbocycles. The molecule has 2 unspecified atom stereocenters. The molecule has 4 aliphatic rings. The van der Waals surface area contributed by atoms with Gasteiger partial charge in [0.05, 0.1) is 6.54 Å². The number of rotatable bonds is 9. The van der Waals surface area contributed by atoms with Crippen LogP contribution in [0.2, 0.25) is 0 Å². The summed E-state index contributed by atoms with van der Waals surface area (Å²) >= 11 is 0. The molecule has 0 aliphatic heterocycles. The minimum atomic E-state index is -0.418. The third kappa shape index (κ3) is 7.40. The molecule has 2 fully saturated rings. The first-order chi connectivity index (χ1) is 20.9. The topological polar surface area (TPSA) is 75.7 Å². The van der Waals surface area contributed by atoms with Crippen molar-refractivity contribution in [3.05, 3.63) is 65.5 Å². The van der Waals surface area contributed by atoms with Crippen molar-refractivity contribution in [1.82, 2.24) is 10.2 Å². The van der Waals surface area contributed by atoms with Gasteiger partial charge in [0.1, 0.15) is 12.6 Å². The van der Waals surface area contributed by atoms with Crippen molar-refractivity contribution in [2.24, 2.45) is 28.6 Å². The monoisotopic (exact) mass is 610 g/mol. The maximum atomic E-state index is 12.6. The highest BCUT2D eigenvalue weighted by Crippen LogP contribution is 2.65. The molecule has 0 bridgehead atoms. The summed E-state index contributed by atoms with van der Waals surface area (Å²) in [6.07, 6.45) is 20.4. The molecular formula is C38H62N2O4. The van der Waals surface area contributed by atoms with Gasteiger partial charge >= 0.3 is 5.97 Å². The summed E-state index contributed by atoms with van der Waals surface area (Å²) in [6, 6.07) is -0.0862. The second-order valence-electron chi connectivity index (χ2n) is 13.4. The third-order valence-corrected chi connectivity index (χ3v) is 10.7. The van der Waals surface area contributed by atoms with E-state index in [4.69, 9.17) is 4.74 Å². The first-order valence-electron chi connectivity index (χ1n) is 16.8. The molecule has 6 nitrogen and oxygen atoms in total. The Labute approximate surface area is 270 Å². The predicted octanol–water partition coefficient (Wildman–Crippen LogP) is 8.38. The Morgan fingerprint density at radius 3 is 2.48 bits per heavy atom. The molecule has 6 heteroatoms. The van der Waals surface area contributed by atoms with Gasteiger partial charge in [-0.3, -0.25) is 14.4 Å². The number of hydrogen-bond donors (Lipinski definition) is 1. The standard InChI is InChI=1S/C36H50N2O4.C2H6.3H2/c1-8-10-12-26(11-9-2)30-15-16-31-29-14-13-27-21-28(17-19-35(27,6)32(29)18-20-36(30,31)7)42-34(41)22-37-33(40)23-38(24(3)4)25(5)39;1-2;;;/h8,10-13,15,24,28-29,31-32H,2,14,16-23H2,1,3-7H3,(H,37,40);1-2H3;3*1H/b10-8-,26-12+;;;;/t28-,29-,31?,32?,35-,36+;;;;/m0..../s1. The van der Waals surface area contributed by atoms with Crippen LogP contribution in [0.1, 0.15) is 105 Å². The van der Waals surface area contributed by atoms with Crippen molar-refractivity contribution < 1.29 is 23.4 Å². The number of carbonyl (C=O) groups is 3. The fraction of sp³-hybridized carbons (Fsp3) is 0.632. The Balaban J connectivity index is 0.00000415. The lowest BCUT2D eigenvalue weighted by molar-refractivity contribution is -0.151. The van der Waals surface area contributed by atoms with E-state index in [1.807, 2.05) is 40.7 Å². The van der Waals surface area contributed by atoms with Crippen molar-refractivity contribution in [2.75, 3.05) is 13.1 Å². The number of carbonyl (C=O) groups excluding carboxylic acids is 3. The summed E-state index contributed by atoms with van der Waals surface area (Å²) < 4.78 is 5.84. The molecule has 0 saturated heterocycles. The normalized spacial score (nSPS) is 30.8. The van der Waals surface area contributed by atoms with E-state index in [9.17, 15) is 14.4 Å². The quantitative estimate of drug-likeness (QED) is 0.123. The van der Waals surface area contributed by atoms with Gasteiger partial charge in [-0.2, -0.15) is 0 Å². The molecule has 0 aromatic rings. The average Bonchev–Trinajstić information content (AvgIpc) is 3.35. The Bertz CT molecular complexity index is 1270. The smallest absolute Gasteiger partial charge is 0.325 e. The summed E-state index contributed by atoms with van der Waals surface area (Å²) in [5, 5.41) is 2.62. The minimum Gasteiger partial charge on any atom is -0.461 e. The van der Waals surface area contributed by atoms with Gasteiger partial charge in [-0.1, -0.05) is 70.2 Å². The molecule has 0 heterocycles. The number of ether oxygens (including phenoxy) is 1. The number of amides is 2. The van der Waals surface area contributed by atoms with E-state index < -0.39 is 5.97 Å². The fourth-order valence-corrected chi connectivity index (χ4v) is 8.53. The lowest BCUT2D eigenvalue weighted by Crippen LogP contribution is -2.50. The summed E-state index contributed by atoms with van der Waals surface area (Å²) in [5.74, 6) is 0.977. The summed E-state index contributed by atoms with van der Waals surface area (Å²) in [7, 11) is 0. The van der Waals surface area contributed by atoms with E-state index in [1.54, 1.807) is 0 Å². The highest BCUT2D eigenvalue weighted by atomic mass is 16.5. The molecule has 1 N–H and O–H groups in total. The fourth-order valence-electron chi connectivity index (χ4n) is 8.53. The van der Waals surface area contributed by atoms with Crippen molar-refractivity contribution in [3.8, 4) is 0 Å². The summed E-state index contributed by atoms with van der Waals surface area (Å²) in [5.41, 5.74) is 7.46. The van der Waals surface area contributed by atoms with E-state index >= 15 is 0 Å². The van der Waals surface area contributed by atoms with Crippen LogP contribution >= 0.6 is 0 Å². The van der Waals surface area contributed by atoms with E-state index in [-0.39, 0.29) is 52.2 Å². The van der Waals surface area contributed by atoms with Crippen LogP contribution in [0.25, 0.3) is 0 Å². The highest BCUT2D eigenvalue weighted by molar-refractivity contribution is 5.86. The zero-order valence-electron chi connectivity index (χ0n) is 28.5. The van der Waals surface area contributed by atoms with Crippen molar-refractivity contribution >= 4 is 17.8 Å². The number of allylic oxidation sites excluding steroid dienone is 8. The average molecular weight is 611 g/mol. The van der Waals surface area contributed by atoms with Gasteiger partial charge in [-0.25, -0.2) is 0 Å². The Hall–Kier alpha value is -3.11. The number of nitrogens with zero attached hydrogens (tertiary/aromatic N) is 1. The van der Waals surface area contributed by atoms with Gasteiger partial charge in [-0.05, 0) is 105 Å². The molecule has 0 aromatic heterocycles. The first kappa shape index (κ1) is 35.4. The third-order valence-electron chi connectivity index (χ3n) is 10.7. The lowest BCUT2D eigenvalue weighted by Gasteiger charge is -2.58. The molecule has 44 heavy (non-hydrogen) atoms. The van der Waals surface area contributed by atoms with Crippen molar-refractivity contribution in [3.63, 3.8) is 0 Å². The zero-order chi connectivity index (χ0) is 32.7. The van der Waals surface area contributed by atoms with E-state index in [0.717, 1.165) is 32.1 Å². The van der Waals surface area contributed by atoms with Crippen LogP contribution < -0.4 is 5.32 Å². The zero-order valence-corrected chi connectivity index (χ0v) is 28.5. The van der Waals surface area contributed by atoms with E-state index in [1.165, 1.54) is 41.4 Å². The SMILES string of the molecule is C=C=C/C(=C\C=C/C)C1=CCC2[C@@H]3CC=C4C[C@@H](OC(=O)CNC(=O)CN(C(C)=O)C(C)C)CC[C@]4(C)C3CC[C@]12C.CC.[HH].[HH].[HH]. The van der Waals surface area contributed by atoms with Crippen molar-refractivity contribution in [2.45, 2.75) is 112 Å². The van der Waals surface area contributed by atoms with Gasteiger partial charge in [0.25, 0.3) is 0 Å². The van der Waals surface area contributed by atoms with E-state index in [2.05, 4.69) is 61.9 Å². The first-order valence-corrected chi connectivity index (χ1v) is 16.8. The molecule has 6 atom stereocenters. The van der Waals surface area contributed by atoms with Crippen LogP contribution in [0.4, 0.5) is 0 Å². The lowest BCUT2D eigenvalue weighted by atomic mass is 9.47. The molecule has 0 spiro atoms. The molecule has 4 aliphatic carbocycles. The van der Waals surface area contributed by atoms with Crippen molar-refractivity contribution in [1.29, 1.82) is 0 Å². The number of fused-ring (bicyclic) bond motifs is 5. The minimum absolute atomic E-state index is 0. The van der Waals surface area contributed by atoms with Crippen LogP contribution in [-0.4, -0.2) is 47.9 Å². The van der Waals surface area contributed by atoms with Crippen LogP contribution in [0.15, 0.2) is 65.5 Å². The second-order valence-corrected chi connectivity index (χ2v) is 13.4. The Morgan fingerprint density at radius 2 is 1.84 bits per heavy atom. The molecule has 248 valence electrons. The van der Waals surface area contributed by atoms with Crippen LogP contribution in [-0.2, 0) is 19.1 Å². The molecule has 4 rings (SSSR count). The van der Waals surface area contributed by atoms with Crippen LogP contribution in [0.3, 0.4) is 0 Å². The predicted molar refractivity (Wildman–Crippen MR) is 185 cm³/mol. The van der Waals surface area contributed by atoms with Gasteiger partial charge in [0.15, 0.2) is 0 Å². The molecule has 2 amide bonds. The van der Waals surface area contributed by atoms with Gasteiger partial charge in [-0.15, -0.1) is 5.73 Å². The molecule has 0 radical (unpaired) electrons. The summed E-state index contributed by atoms with van der Waals surface area (Å²) in [6.45, 7) is 19.7. The maximum absolute atomic E-state index is 12.6. The molecular weight excluding hydrogens is 548 g/mol. The van der Waals surface area contributed by atoms with Crippen LogP contribution in [0, 0.1) is 28.6 Å². The Morgan fingerprint density at radius 1 is 1.14 bits per heavy atom. The van der Waals surface area contributed by atoms with Gasteiger partial charge < -0.3 is 15.0 Å². The largest absolute Gasteiger partial charge is 0.461 e. The second kappa shape index (κ2) is 15.3. The number of hydrogen-bond acceptors (Lipinski definition) is 4. The van der Waals surface area contributed by atoms with Gasteiger partial charge in [0.2, 0.25) is 11.8 Å².